The molecule has 36 heavy (non-hydrogen) atoms. The van der Waals surface area contributed by atoms with E-state index in [1.807, 2.05) is 29.2 Å². The largest absolute Gasteiger partial charge is 0.493 e. The highest BCUT2D eigenvalue weighted by Crippen LogP contribution is 2.31. The zero-order valence-corrected chi connectivity index (χ0v) is 22.0. The van der Waals surface area contributed by atoms with Crippen molar-refractivity contribution in [1.82, 2.24) is 14.5 Å². The van der Waals surface area contributed by atoms with Crippen LogP contribution in [0, 0.1) is 0 Å². The summed E-state index contributed by atoms with van der Waals surface area (Å²) in [6.45, 7) is 4.14. The Morgan fingerprint density at radius 2 is 1.92 bits per heavy atom. The summed E-state index contributed by atoms with van der Waals surface area (Å²) in [6.07, 6.45) is 8.61. The molecule has 7 nitrogen and oxygen atoms in total. The van der Waals surface area contributed by atoms with Gasteiger partial charge in [-0.05, 0) is 62.1 Å². The quantitative estimate of drug-likeness (QED) is 0.330. The van der Waals surface area contributed by atoms with Crippen molar-refractivity contribution < 1.29 is 19.3 Å². The van der Waals surface area contributed by atoms with Crippen molar-refractivity contribution in [3.05, 3.63) is 70.7 Å². The van der Waals surface area contributed by atoms with E-state index in [2.05, 4.69) is 16.0 Å². The van der Waals surface area contributed by atoms with Crippen molar-refractivity contribution in [2.24, 2.45) is 0 Å². The van der Waals surface area contributed by atoms with Crippen LogP contribution in [0.15, 0.2) is 55.1 Å². The lowest BCUT2D eigenvalue weighted by molar-refractivity contribution is -0.0168. The Bertz CT molecular complexity index is 1110. The first kappa shape index (κ1) is 26.6. The van der Waals surface area contributed by atoms with Crippen LogP contribution in [0.25, 0.3) is 0 Å². The van der Waals surface area contributed by atoms with Crippen LogP contribution in [0.1, 0.15) is 31.2 Å². The number of likely N-dealkylation sites (tertiary alicyclic amines) is 1. The predicted molar refractivity (Wildman–Crippen MR) is 141 cm³/mol. The minimum absolute atomic E-state index is 0.222. The molecule has 1 atom stereocenters. The van der Waals surface area contributed by atoms with Gasteiger partial charge in [0.1, 0.15) is 12.4 Å². The van der Waals surface area contributed by atoms with Gasteiger partial charge in [0.25, 0.3) is 0 Å². The second-order valence-electron chi connectivity index (χ2n) is 9.21. The molecule has 0 bridgehead atoms. The molecule has 1 fully saturated rings. The first-order valence-electron chi connectivity index (χ1n) is 12.2. The Morgan fingerprint density at radius 1 is 1.03 bits per heavy atom. The van der Waals surface area contributed by atoms with Gasteiger partial charge in [-0.2, -0.15) is 0 Å². The maximum absolute atomic E-state index is 11.1. The number of halogens is 2. The fourth-order valence-corrected chi connectivity index (χ4v) is 4.65. The van der Waals surface area contributed by atoms with Crippen molar-refractivity contribution in [2.75, 3.05) is 33.4 Å². The number of hydrogen-bond donors (Lipinski definition) is 1. The fraction of sp³-hybridized carbons (Fsp3) is 0.444. The van der Waals surface area contributed by atoms with E-state index in [4.69, 9.17) is 37.4 Å². The monoisotopic (exact) mass is 533 g/mol. The molecular weight excluding hydrogens is 501 g/mol. The van der Waals surface area contributed by atoms with Crippen LogP contribution in [-0.2, 0) is 13.1 Å². The van der Waals surface area contributed by atoms with Gasteiger partial charge in [-0.25, -0.2) is 4.98 Å². The Balaban J connectivity index is 1.26. The molecule has 1 aliphatic rings. The number of benzene rings is 2. The highest BCUT2D eigenvalue weighted by atomic mass is 35.5. The summed E-state index contributed by atoms with van der Waals surface area (Å²) < 4.78 is 19.4. The molecule has 3 aromatic rings. The molecule has 1 aliphatic heterocycles. The van der Waals surface area contributed by atoms with Gasteiger partial charge in [-0.1, -0.05) is 29.3 Å². The number of rotatable bonds is 11. The molecule has 0 aliphatic carbocycles. The number of ether oxygens (including phenoxy) is 3. The van der Waals surface area contributed by atoms with Crippen molar-refractivity contribution >= 4 is 23.2 Å². The molecule has 0 spiro atoms. The molecule has 1 aromatic heterocycles. The maximum Gasteiger partial charge on any atom is 0.161 e. The third kappa shape index (κ3) is 7.53. The molecule has 0 saturated carbocycles. The van der Waals surface area contributed by atoms with E-state index >= 15 is 0 Å². The number of aryl methyl sites for hydroxylation is 1. The van der Waals surface area contributed by atoms with Gasteiger partial charge in [0.05, 0.1) is 35.7 Å². The normalized spacial score (nSPS) is 18.6. The van der Waals surface area contributed by atoms with Crippen LogP contribution in [0.5, 0.6) is 17.2 Å². The molecule has 2 heterocycles. The molecule has 194 valence electrons. The molecule has 1 saturated heterocycles. The van der Waals surface area contributed by atoms with Crippen LogP contribution in [-0.4, -0.2) is 58.6 Å². The summed E-state index contributed by atoms with van der Waals surface area (Å²) in [4.78, 5) is 6.41. The molecule has 2 aromatic carbocycles. The lowest BCUT2D eigenvalue weighted by Crippen LogP contribution is -2.37. The van der Waals surface area contributed by atoms with Gasteiger partial charge in [0.2, 0.25) is 0 Å². The Hall–Kier alpha value is -2.45. The minimum atomic E-state index is -0.882. The van der Waals surface area contributed by atoms with Crippen molar-refractivity contribution in [3.8, 4) is 17.2 Å². The standard InChI is InChI=1S/C27H33Cl2N3O4/c1-34-26-16-21(4-7-25(26)35-15-3-12-32-14-10-30-20-32)18-31-11-2-8-27(33,9-13-31)19-36-22-5-6-23(28)24(29)17-22/h4-7,10,14,16-17,20,33H,2-3,8-9,11-13,15,18-19H2,1H3. The van der Waals surface area contributed by atoms with Crippen molar-refractivity contribution in [1.29, 1.82) is 0 Å². The Kier molecular flexibility index (Phi) is 9.37. The number of hydrogen-bond acceptors (Lipinski definition) is 6. The minimum Gasteiger partial charge on any atom is -0.493 e. The first-order chi connectivity index (χ1) is 17.4. The number of methoxy groups -OCH3 is 1. The highest BCUT2D eigenvalue weighted by molar-refractivity contribution is 6.42. The van der Waals surface area contributed by atoms with Crippen LogP contribution in [0.4, 0.5) is 0 Å². The maximum atomic E-state index is 11.1. The van der Waals surface area contributed by atoms with Gasteiger partial charge in [0.15, 0.2) is 11.5 Å². The van der Waals surface area contributed by atoms with E-state index in [1.54, 1.807) is 31.5 Å². The summed E-state index contributed by atoms with van der Waals surface area (Å²) >= 11 is 12.0. The number of nitrogens with zero attached hydrogens (tertiary/aromatic N) is 3. The third-order valence-electron chi connectivity index (χ3n) is 6.42. The van der Waals surface area contributed by atoms with Gasteiger partial charge < -0.3 is 23.9 Å². The van der Waals surface area contributed by atoms with E-state index in [9.17, 15) is 5.11 Å². The summed E-state index contributed by atoms with van der Waals surface area (Å²) in [6, 6.07) is 11.2. The zero-order valence-electron chi connectivity index (χ0n) is 20.5. The number of aliphatic hydroxyl groups is 1. The summed E-state index contributed by atoms with van der Waals surface area (Å²) in [5.74, 6) is 2.09. The van der Waals surface area contributed by atoms with Gasteiger partial charge >= 0.3 is 0 Å². The van der Waals surface area contributed by atoms with Gasteiger partial charge in [-0.3, -0.25) is 4.90 Å². The van der Waals surface area contributed by atoms with E-state index in [1.165, 1.54) is 0 Å². The van der Waals surface area contributed by atoms with Crippen molar-refractivity contribution in [3.63, 3.8) is 0 Å². The van der Waals surface area contributed by atoms with Crippen LogP contribution in [0.3, 0.4) is 0 Å². The average Bonchev–Trinajstić information content (AvgIpc) is 3.33. The van der Waals surface area contributed by atoms with Gasteiger partial charge in [0, 0.05) is 38.1 Å². The second-order valence-corrected chi connectivity index (χ2v) is 10.0. The average molecular weight is 534 g/mol. The van der Waals surface area contributed by atoms with E-state index < -0.39 is 5.60 Å². The smallest absolute Gasteiger partial charge is 0.161 e. The Morgan fingerprint density at radius 3 is 2.69 bits per heavy atom. The third-order valence-corrected chi connectivity index (χ3v) is 7.16. The lowest BCUT2D eigenvalue weighted by atomic mass is 9.96. The predicted octanol–water partition coefficient (Wildman–Crippen LogP) is 5.46. The van der Waals surface area contributed by atoms with Crippen LogP contribution in [0.2, 0.25) is 10.0 Å². The van der Waals surface area contributed by atoms with E-state index in [-0.39, 0.29) is 6.61 Å². The van der Waals surface area contributed by atoms with E-state index in [0.29, 0.717) is 35.2 Å². The SMILES string of the molecule is COc1cc(CN2CCCC(O)(COc3ccc(Cl)c(Cl)c3)CC2)ccc1OCCCn1ccnc1. The molecule has 0 radical (unpaired) electrons. The van der Waals surface area contributed by atoms with E-state index in [0.717, 1.165) is 56.1 Å². The lowest BCUT2D eigenvalue weighted by Gasteiger charge is -2.27. The van der Waals surface area contributed by atoms with Gasteiger partial charge in [-0.15, -0.1) is 0 Å². The fourth-order valence-electron chi connectivity index (χ4n) is 4.36. The summed E-state index contributed by atoms with van der Waals surface area (Å²) in [5.41, 5.74) is 0.266. The molecule has 1 unspecified atom stereocenters. The van der Waals surface area contributed by atoms with Crippen LogP contribution < -0.4 is 14.2 Å². The molecule has 4 rings (SSSR count). The number of imidazole rings is 1. The van der Waals surface area contributed by atoms with Crippen molar-refractivity contribution in [2.45, 2.75) is 44.4 Å². The summed E-state index contributed by atoms with van der Waals surface area (Å²) in [7, 11) is 1.66. The molecule has 0 amide bonds. The van der Waals surface area contributed by atoms with Crippen LogP contribution >= 0.6 is 23.2 Å². The topological polar surface area (TPSA) is 69.0 Å². The first-order valence-corrected chi connectivity index (χ1v) is 13.0. The number of aromatic nitrogens is 2. The molecular formula is C27H33Cl2N3O4. The second kappa shape index (κ2) is 12.7. The Labute approximate surface area is 222 Å². The summed E-state index contributed by atoms with van der Waals surface area (Å²) in [5, 5.41) is 12.1. The highest BCUT2D eigenvalue weighted by Gasteiger charge is 2.31. The molecule has 9 heteroatoms. The molecule has 1 N–H and O–H groups in total. The zero-order chi connectivity index (χ0) is 25.4.